The van der Waals surface area contributed by atoms with Crippen LogP contribution in [-0.2, 0) is 4.79 Å². The zero-order chi connectivity index (χ0) is 20.1. The van der Waals surface area contributed by atoms with Gasteiger partial charge >= 0.3 is 5.97 Å². The second-order valence-electron chi connectivity index (χ2n) is 7.76. The van der Waals surface area contributed by atoms with Crippen molar-refractivity contribution in [2.75, 3.05) is 0 Å². The lowest BCUT2D eigenvalue weighted by Gasteiger charge is -2.19. The molecule has 0 spiro atoms. The van der Waals surface area contributed by atoms with Crippen LogP contribution in [0.1, 0.15) is 77.6 Å². The minimum absolute atomic E-state index is 0.0256. The normalized spacial score (nSPS) is 27.0. The lowest BCUT2D eigenvalue weighted by molar-refractivity contribution is -0.137. The molecule has 0 aliphatic heterocycles. The third-order valence-corrected chi connectivity index (χ3v) is 5.41. The molecule has 5 atom stereocenters. The number of carboxylic acid groups (broad SMARTS) is 1. The van der Waals surface area contributed by atoms with Crippen molar-refractivity contribution in [3.05, 3.63) is 24.3 Å². The van der Waals surface area contributed by atoms with Crippen LogP contribution in [0.25, 0.3) is 0 Å². The van der Waals surface area contributed by atoms with Crippen molar-refractivity contribution in [3.8, 4) is 0 Å². The molecular weight excluding hydrogens is 344 g/mol. The molecule has 5 nitrogen and oxygen atoms in total. The van der Waals surface area contributed by atoms with Gasteiger partial charge in [0, 0.05) is 18.8 Å². The first-order valence-corrected chi connectivity index (χ1v) is 10.5. The summed E-state index contributed by atoms with van der Waals surface area (Å²) in [6.07, 6.45) is 15.0. The molecule has 4 N–H and O–H groups in total. The molecule has 1 aliphatic carbocycles. The summed E-state index contributed by atoms with van der Waals surface area (Å²) in [5, 5.41) is 39.1. The second-order valence-corrected chi connectivity index (χ2v) is 7.76. The summed E-state index contributed by atoms with van der Waals surface area (Å²) in [5.74, 6) is -0.891. The Morgan fingerprint density at radius 1 is 1.07 bits per heavy atom. The molecule has 0 heterocycles. The number of rotatable bonds is 14. The van der Waals surface area contributed by atoms with Crippen LogP contribution in [0.2, 0.25) is 0 Å². The Labute approximate surface area is 163 Å². The van der Waals surface area contributed by atoms with Crippen LogP contribution in [0.4, 0.5) is 0 Å². The van der Waals surface area contributed by atoms with E-state index in [1.807, 2.05) is 6.08 Å². The third kappa shape index (κ3) is 10.1. The maximum atomic E-state index is 10.5. The predicted molar refractivity (Wildman–Crippen MR) is 107 cm³/mol. The molecule has 1 saturated carbocycles. The third-order valence-electron chi connectivity index (χ3n) is 5.41. The molecular formula is C22H38O5. The van der Waals surface area contributed by atoms with Crippen molar-refractivity contribution in [3.63, 3.8) is 0 Å². The van der Waals surface area contributed by atoms with E-state index in [4.69, 9.17) is 5.11 Å². The van der Waals surface area contributed by atoms with E-state index in [0.29, 0.717) is 19.3 Å². The van der Waals surface area contributed by atoms with Gasteiger partial charge in [0.1, 0.15) is 0 Å². The van der Waals surface area contributed by atoms with Crippen LogP contribution in [0.5, 0.6) is 0 Å². The monoisotopic (exact) mass is 382 g/mol. The van der Waals surface area contributed by atoms with Crippen LogP contribution in [0, 0.1) is 11.8 Å². The molecule has 156 valence electrons. The summed E-state index contributed by atoms with van der Waals surface area (Å²) in [7, 11) is 0. The molecule has 1 rings (SSSR count). The summed E-state index contributed by atoms with van der Waals surface area (Å²) in [4.78, 5) is 10.5. The highest BCUT2D eigenvalue weighted by atomic mass is 16.4. The number of unbranched alkanes of at least 4 members (excludes halogenated alkanes) is 5. The Balaban J connectivity index is 2.37. The van der Waals surface area contributed by atoms with E-state index >= 15 is 0 Å². The number of carboxylic acids is 1. The maximum Gasteiger partial charge on any atom is 0.303 e. The van der Waals surface area contributed by atoms with Crippen molar-refractivity contribution < 1.29 is 25.2 Å². The zero-order valence-corrected chi connectivity index (χ0v) is 16.7. The number of hydrogen-bond acceptors (Lipinski definition) is 4. The minimum atomic E-state index is -0.742. The number of aliphatic hydroxyl groups excluding tert-OH is 3. The van der Waals surface area contributed by atoms with Crippen LogP contribution in [-0.4, -0.2) is 44.7 Å². The van der Waals surface area contributed by atoms with Gasteiger partial charge in [0.2, 0.25) is 0 Å². The smallest absolute Gasteiger partial charge is 0.303 e. The fourth-order valence-electron chi connectivity index (χ4n) is 3.75. The Kier molecular flexibility index (Phi) is 12.3. The Bertz CT molecular complexity index is 460. The molecule has 0 radical (unpaired) electrons. The fourth-order valence-corrected chi connectivity index (χ4v) is 3.75. The Morgan fingerprint density at radius 3 is 2.56 bits per heavy atom. The molecule has 1 aliphatic rings. The van der Waals surface area contributed by atoms with Crippen molar-refractivity contribution in [1.29, 1.82) is 0 Å². The van der Waals surface area contributed by atoms with E-state index in [2.05, 4.69) is 19.1 Å². The first-order chi connectivity index (χ1) is 13.0. The maximum absolute atomic E-state index is 10.5. The number of allylic oxidation sites excluding steroid dienone is 2. The van der Waals surface area contributed by atoms with Gasteiger partial charge in [0.15, 0.2) is 0 Å². The van der Waals surface area contributed by atoms with Gasteiger partial charge in [0.05, 0.1) is 18.3 Å². The summed E-state index contributed by atoms with van der Waals surface area (Å²) in [5.41, 5.74) is 0. The van der Waals surface area contributed by atoms with Crippen molar-refractivity contribution in [2.24, 2.45) is 11.8 Å². The lowest BCUT2D eigenvalue weighted by Crippen LogP contribution is -2.20. The lowest BCUT2D eigenvalue weighted by atomic mass is 9.89. The average molecular weight is 383 g/mol. The van der Waals surface area contributed by atoms with E-state index in [9.17, 15) is 20.1 Å². The molecule has 0 aromatic carbocycles. The molecule has 1 fully saturated rings. The van der Waals surface area contributed by atoms with Crippen LogP contribution in [0.3, 0.4) is 0 Å². The molecule has 0 aromatic heterocycles. The second kappa shape index (κ2) is 13.9. The van der Waals surface area contributed by atoms with Crippen molar-refractivity contribution in [2.45, 2.75) is 95.9 Å². The minimum Gasteiger partial charge on any atom is -0.481 e. The van der Waals surface area contributed by atoms with Gasteiger partial charge in [-0.2, -0.15) is 0 Å². The zero-order valence-electron chi connectivity index (χ0n) is 16.7. The number of aliphatic hydroxyl groups is 3. The topological polar surface area (TPSA) is 98.0 Å². The average Bonchev–Trinajstić information content (AvgIpc) is 2.88. The van der Waals surface area contributed by atoms with Crippen LogP contribution >= 0.6 is 0 Å². The first-order valence-electron chi connectivity index (χ1n) is 10.5. The van der Waals surface area contributed by atoms with Gasteiger partial charge in [-0.05, 0) is 38.0 Å². The van der Waals surface area contributed by atoms with E-state index in [-0.39, 0.29) is 18.3 Å². The molecule has 5 heteroatoms. The molecule has 0 amide bonds. The summed E-state index contributed by atoms with van der Waals surface area (Å²) >= 11 is 0. The quantitative estimate of drug-likeness (QED) is 0.270. The van der Waals surface area contributed by atoms with Crippen LogP contribution < -0.4 is 0 Å². The summed E-state index contributed by atoms with van der Waals surface area (Å²) in [6, 6.07) is 0. The van der Waals surface area contributed by atoms with Gasteiger partial charge < -0.3 is 20.4 Å². The molecule has 0 unspecified atom stereocenters. The fraction of sp³-hybridized carbons (Fsp3) is 0.773. The van der Waals surface area contributed by atoms with Crippen molar-refractivity contribution >= 4 is 5.97 Å². The van der Waals surface area contributed by atoms with Crippen molar-refractivity contribution in [1.82, 2.24) is 0 Å². The number of carbonyl (C=O) groups is 1. The predicted octanol–water partition coefficient (Wildman–Crippen LogP) is 3.82. The molecule has 27 heavy (non-hydrogen) atoms. The SMILES string of the molecule is CCCCC[C@H](O)/C=C/[C@@H]1[C@@H](C/C=C\CCCCCC(=O)O)[C@@H](O)C[C@@H]1O. The Morgan fingerprint density at radius 2 is 1.85 bits per heavy atom. The standard InChI is InChI=1S/C22H38O5/c1-2-3-8-11-17(23)14-15-19-18(20(24)16-21(19)25)12-9-6-4-5-7-10-13-22(26)27/h6,9,14-15,17-21,23-25H,2-5,7-8,10-13,16H2,1H3,(H,26,27)/b9-6-,15-14+/t17-,18+,19+,20-,21-/m0/s1. The molecule has 0 aromatic rings. The first kappa shape index (κ1) is 23.9. The van der Waals surface area contributed by atoms with E-state index in [0.717, 1.165) is 44.9 Å². The van der Waals surface area contributed by atoms with Gasteiger partial charge in [-0.3, -0.25) is 4.79 Å². The summed E-state index contributed by atoms with van der Waals surface area (Å²) < 4.78 is 0. The van der Waals surface area contributed by atoms with E-state index in [1.54, 1.807) is 6.08 Å². The number of aliphatic carboxylic acids is 1. The number of hydrogen-bond donors (Lipinski definition) is 4. The highest BCUT2D eigenvalue weighted by Crippen LogP contribution is 2.36. The summed E-state index contributed by atoms with van der Waals surface area (Å²) in [6.45, 7) is 2.13. The van der Waals surface area contributed by atoms with E-state index < -0.39 is 24.3 Å². The van der Waals surface area contributed by atoms with Gasteiger partial charge in [-0.1, -0.05) is 56.9 Å². The van der Waals surface area contributed by atoms with Gasteiger partial charge in [-0.25, -0.2) is 0 Å². The Hall–Kier alpha value is -1.17. The van der Waals surface area contributed by atoms with Gasteiger partial charge in [0.25, 0.3) is 0 Å². The van der Waals surface area contributed by atoms with Gasteiger partial charge in [-0.15, -0.1) is 0 Å². The highest BCUT2D eigenvalue weighted by molar-refractivity contribution is 5.66. The molecule has 0 bridgehead atoms. The molecule has 0 saturated heterocycles. The van der Waals surface area contributed by atoms with E-state index in [1.165, 1.54) is 0 Å². The largest absolute Gasteiger partial charge is 0.481 e. The van der Waals surface area contributed by atoms with Crippen LogP contribution in [0.15, 0.2) is 24.3 Å². The highest BCUT2D eigenvalue weighted by Gasteiger charge is 2.39.